The van der Waals surface area contributed by atoms with Gasteiger partial charge in [0.25, 0.3) is 5.92 Å². The number of alkyl halides is 5. The Balaban J connectivity index is 2.42. The highest BCUT2D eigenvalue weighted by Gasteiger charge is 2.71. The Morgan fingerprint density at radius 2 is 1.83 bits per heavy atom. The summed E-state index contributed by atoms with van der Waals surface area (Å²) in [6.45, 7) is -0.332. The van der Waals surface area contributed by atoms with Gasteiger partial charge in [0.15, 0.2) is 0 Å². The Morgan fingerprint density at radius 1 is 1.28 bits per heavy atom. The van der Waals surface area contributed by atoms with Crippen molar-refractivity contribution in [3.05, 3.63) is 34.3 Å². The number of halogens is 6. The van der Waals surface area contributed by atoms with Gasteiger partial charge < -0.3 is 5.73 Å². The molecule has 2 rings (SSSR count). The summed E-state index contributed by atoms with van der Waals surface area (Å²) in [5.74, 6) is -2.98. The highest BCUT2D eigenvalue weighted by Crippen LogP contribution is 2.61. The van der Waals surface area contributed by atoms with E-state index in [9.17, 15) is 22.0 Å². The van der Waals surface area contributed by atoms with E-state index in [1.54, 1.807) is 0 Å². The van der Waals surface area contributed by atoms with Crippen molar-refractivity contribution in [1.82, 2.24) is 0 Å². The van der Waals surface area contributed by atoms with E-state index in [0.29, 0.717) is 6.07 Å². The Kier molecular flexibility index (Phi) is 2.86. The van der Waals surface area contributed by atoms with Gasteiger partial charge in [0.1, 0.15) is 0 Å². The third-order valence-electron chi connectivity index (χ3n) is 3.27. The lowest BCUT2D eigenvalue weighted by atomic mass is 9.94. The molecule has 0 radical (unpaired) electrons. The maximum absolute atomic E-state index is 13.3. The van der Waals surface area contributed by atoms with Crippen molar-refractivity contribution >= 4 is 11.6 Å². The average Bonchev–Trinajstić information content (AvgIpc) is 2.80. The van der Waals surface area contributed by atoms with Crippen LogP contribution >= 0.6 is 11.6 Å². The van der Waals surface area contributed by atoms with Crippen LogP contribution in [0.2, 0.25) is 5.02 Å². The smallest absolute Gasteiger partial charge is 0.329 e. The van der Waals surface area contributed by atoms with Gasteiger partial charge >= 0.3 is 6.18 Å². The Morgan fingerprint density at radius 3 is 2.17 bits per heavy atom. The first-order chi connectivity index (χ1) is 8.14. The second-order valence-corrected chi connectivity index (χ2v) is 4.77. The molecule has 0 heterocycles. The summed E-state index contributed by atoms with van der Waals surface area (Å²) in [5.41, 5.74) is 2.75. The highest BCUT2D eigenvalue weighted by atomic mass is 35.5. The van der Waals surface area contributed by atoms with Crippen molar-refractivity contribution in [2.24, 2.45) is 5.73 Å². The molecule has 0 bridgehead atoms. The van der Waals surface area contributed by atoms with Crippen LogP contribution in [0.4, 0.5) is 22.0 Å². The minimum absolute atomic E-state index is 0.0491. The van der Waals surface area contributed by atoms with Crippen LogP contribution in [0.5, 0.6) is 0 Å². The summed E-state index contributed by atoms with van der Waals surface area (Å²) in [4.78, 5) is 0. The Labute approximate surface area is 105 Å². The van der Waals surface area contributed by atoms with E-state index in [-0.39, 0.29) is 12.1 Å². The van der Waals surface area contributed by atoms with Gasteiger partial charge in [-0.25, -0.2) is 8.78 Å². The fourth-order valence-corrected chi connectivity index (χ4v) is 2.32. The molecule has 0 saturated heterocycles. The summed E-state index contributed by atoms with van der Waals surface area (Å²) in [7, 11) is 0. The van der Waals surface area contributed by atoms with Gasteiger partial charge in [-0.1, -0.05) is 17.7 Å². The number of rotatable bonds is 2. The molecule has 100 valence electrons. The quantitative estimate of drug-likeness (QED) is 0.826. The first-order valence-corrected chi connectivity index (χ1v) is 5.47. The molecular weight excluding hydrogens is 277 g/mol. The van der Waals surface area contributed by atoms with Crippen LogP contribution < -0.4 is 5.73 Å². The summed E-state index contributed by atoms with van der Waals surface area (Å²) in [5, 5.41) is -0.587. The molecule has 0 amide bonds. The van der Waals surface area contributed by atoms with Crippen molar-refractivity contribution in [2.75, 3.05) is 6.54 Å². The molecule has 2 N–H and O–H groups in total. The largest absolute Gasteiger partial charge is 0.417 e. The molecule has 1 aliphatic rings. The fraction of sp³-hybridized carbons (Fsp3) is 0.455. The standard InChI is InChI=1S/C11H9ClF5N/c12-8-3-6(1-2-7(8)11(15,16)17)9(5-18)4-10(9,13)14/h1-3H,4-5,18H2. The molecule has 1 aromatic carbocycles. The SMILES string of the molecule is NCC1(c2ccc(C(F)(F)F)c(Cl)c2)CC1(F)F. The van der Waals surface area contributed by atoms with Crippen molar-refractivity contribution < 1.29 is 22.0 Å². The maximum atomic E-state index is 13.3. The van der Waals surface area contributed by atoms with Gasteiger partial charge in [-0.15, -0.1) is 0 Å². The normalized spacial score (nSPS) is 26.2. The van der Waals surface area contributed by atoms with Crippen LogP contribution in [-0.2, 0) is 11.6 Å². The van der Waals surface area contributed by atoms with E-state index >= 15 is 0 Å². The van der Waals surface area contributed by atoms with Gasteiger partial charge in [0.2, 0.25) is 0 Å². The van der Waals surface area contributed by atoms with Crippen molar-refractivity contribution in [1.29, 1.82) is 0 Å². The third kappa shape index (κ3) is 1.87. The molecule has 0 aliphatic heterocycles. The van der Waals surface area contributed by atoms with Crippen LogP contribution in [0.15, 0.2) is 18.2 Å². The molecule has 1 fully saturated rings. The van der Waals surface area contributed by atoms with Crippen LogP contribution in [0, 0.1) is 0 Å². The molecule has 1 atom stereocenters. The molecule has 1 nitrogen and oxygen atoms in total. The molecule has 1 unspecified atom stereocenters. The second-order valence-electron chi connectivity index (χ2n) is 4.36. The molecule has 1 aliphatic carbocycles. The van der Waals surface area contributed by atoms with E-state index in [0.717, 1.165) is 12.1 Å². The predicted molar refractivity (Wildman–Crippen MR) is 56.8 cm³/mol. The number of benzene rings is 1. The van der Waals surface area contributed by atoms with Crippen LogP contribution in [0.3, 0.4) is 0 Å². The van der Waals surface area contributed by atoms with E-state index < -0.39 is 34.5 Å². The number of hydrogen-bond donors (Lipinski definition) is 1. The zero-order valence-electron chi connectivity index (χ0n) is 8.99. The topological polar surface area (TPSA) is 26.0 Å². The minimum Gasteiger partial charge on any atom is -0.329 e. The van der Waals surface area contributed by atoms with Gasteiger partial charge in [-0.05, 0) is 17.7 Å². The van der Waals surface area contributed by atoms with Crippen molar-refractivity contribution in [3.63, 3.8) is 0 Å². The van der Waals surface area contributed by atoms with Gasteiger partial charge in [-0.2, -0.15) is 13.2 Å². The Bertz CT molecular complexity index is 485. The van der Waals surface area contributed by atoms with E-state index in [2.05, 4.69) is 0 Å². The second kappa shape index (κ2) is 3.81. The summed E-state index contributed by atoms with van der Waals surface area (Å²) in [6.07, 6.45) is -5.06. The van der Waals surface area contributed by atoms with Crippen LogP contribution in [-0.4, -0.2) is 12.5 Å². The zero-order chi connectivity index (χ0) is 13.8. The fourth-order valence-electron chi connectivity index (χ4n) is 2.03. The number of hydrogen-bond acceptors (Lipinski definition) is 1. The molecule has 0 spiro atoms. The lowest BCUT2D eigenvalue weighted by molar-refractivity contribution is -0.137. The third-order valence-corrected chi connectivity index (χ3v) is 3.59. The van der Waals surface area contributed by atoms with Crippen LogP contribution in [0.25, 0.3) is 0 Å². The summed E-state index contributed by atoms with van der Waals surface area (Å²) >= 11 is 5.49. The van der Waals surface area contributed by atoms with E-state index in [4.69, 9.17) is 17.3 Å². The highest BCUT2D eigenvalue weighted by molar-refractivity contribution is 6.31. The minimum atomic E-state index is -4.60. The molecule has 7 heteroatoms. The first-order valence-electron chi connectivity index (χ1n) is 5.09. The zero-order valence-corrected chi connectivity index (χ0v) is 9.75. The van der Waals surface area contributed by atoms with E-state index in [1.807, 2.05) is 0 Å². The van der Waals surface area contributed by atoms with E-state index in [1.165, 1.54) is 0 Å². The monoisotopic (exact) mass is 285 g/mol. The van der Waals surface area contributed by atoms with Crippen molar-refractivity contribution in [2.45, 2.75) is 23.9 Å². The van der Waals surface area contributed by atoms with Gasteiger partial charge in [0, 0.05) is 13.0 Å². The lowest BCUT2D eigenvalue weighted by Gasteiger charge is -2.16. The molecule has 1 aromatic rings. The maximum Gasteiger partial charge on any atom is 0.417 e. The predicted octanol–water partition coefficient (Wildman–Crippen LogP) is 3.59. The van der Waals surface area contributed by atoms with Crippen molar-refractivity contribution in [3.8, 4) is 0 Å². The summed E-state index contributed by atoms with van der Waals surface area (Å²) < 4.78 is 63.9. The van der Waals surface area contributed by atoms with Gasteiger partial charge in [0.05, 0.1) is 16.0 Å². The number of nitrogens with two attached hydrogens (primary N) is 1. The average molecular weight is 286 g/mol. The molecule has 0 aromatic heterocycles. The Hall–Kier alpha value is -0.880. The molecule has 18 heavy (non-hydrogen) atoms. The molecular formula is C11H9ClF5N. The lowest BCUT2D eigenvalue weighted by Crippen LogP contribution is -2.27. The molecule has 1 saturated carbocycles. The first kappa shape index (κ1) is 13.5. The summed E-state index contributed by atoms with van der Waals surface area (Å²) in [6, 6.07) is 2.66. The van der Waals surface area contributed by atoms with Crippen LogP contribution in [0.1, 0.15) is 17.5 Å². The van der Waals surface area contributed by atoms with Gasteiger partial charge in [-0.3, -0.25) is 0 Å².